The van der Waals surface area contributed by atoms with E-state index < -0.39 is 43.4 Å². The van der Waals surface area contributed by atoms with Crippen LogP contribution in [0, 0.1) is 11.3 Å². The summed E-state index contributed by atoms with van der Waals surface area (Å²) in [6, 6.07) is 7.64. The molecule has 8 nitrogen and oxygen atoms in total. The number of rotatable bonds is 4. The molecule has 22 heavy (non-hydrogen) atoms. The van der Waals surface area contributed by atoms with E-state index in [9.17, 15) is 25.7 Å². The molecule has 0 aliphatic carbocycles. The largest absolute Gasteiger partial charge is 0.508 e. The topological polar surface area (TPSA) is 143 Å². The molecule has 1 aromatic rings. The molecular weight excluding hydrogens is 294 g/mol. The lowest BCUT2D eigenvalue weighted by Gasteiger charge is -2.40. The van der Waals surface area contributed by atoms with E-state index in [0.29, 0.717) is 5.56 Å². The summed E-state index contributed by atoms with van der Waals surface area (Å²) in [5.41, 5.74) is 0.333. The van der Waals surface area contributed by atoms with Gasteiger partial charge in [0.1, 0.15) is 30.2 Å². The van der Waals surface area contributed by atoms with E-state index in [2.05, 4.69) is 0 Å². The summed E-state index contributed by atoms with van der Waals surface area (Å²) in [5, 5.41) is 56.9. The Balaban J connectivity index is 2.15. The number of aliphatic hydroxyl groups is 4. The number of aromatic hydroxyl groups is 1. The minimum Gasteiger partial charge on any atom is -0.508 e. The number of phenols is 1. The van der Waals surface area contributed by atoms with Gasteiger partial charge in [-0.05, 0) is 17.7 Å². The van der Waals surface area contributed by atoms with Gasteiger partial charge in [-0.1, -0.05) is 12.1 Å². The molecule has 0 aromatic heterocycles. The summed E-state index contributed by atoms with van der Waals surface area (Å²) in [6.07, 6.45) is -8.38. The van der Waals surface area contributed by atoms with Crippen LogP contribution in [0.2, 0.25) is 0 Å². The highest BCUT2D eigenvalue weighted by Crippen LogP contribution is 2.28. The van der Waals surface area contributed by atoms with Crippen LogP contribution in [0.3, 0.4) is 0 Å². The zero-order chi connectivity index (χ0) is 16.3. The average Bonchev–Trinajstić information content (AvgIpc) is 2.52. The number of ether oxygens (including phenoxy) is 2. The van der Waals surface area contributed by atoms with E-state index in [4.69, 9.17) is 14.6 Å². The highest BCUT2D eigenvalue weighted by atomic mass is 16.7. The van der Waals surface area contributed by atoms with Crippen molar-refractivity contribution < 1.29 is 35.0 Å². The monoisotopic (exact) mass is 311 g/mol. The van der Waals surface area contributed by atoms with Crippen LogP contribution in [0.1, 0.15) is 11.7 Å². The van der Waals surface area contributed by atoms with E-state index >= 15 is 0 Å². The first kappa shape index (κ1) is 16.6. The zero-order valence-corrected chi connectivity index (χ0v) is 11.5. The van der Waals surface area contributed by atoms with Crippen LogP contribution in [-0.2, 0) is 9.47 Å². The molecule has 5 N–H and O–H groups in total. The first-order valence-corrected chi connectivity index (χ1v) is 6.62. The molecule has 1 aliphatic rings. The Morgan fingerprint density at radius 3 is 2.55 bits per heavy atom. The van der Waals surface area contributed by atoms with Crippen LogP contribution < -0.4 is 0 Å². The second kappa shape index (κ2) is 7.02. The first-order chi connectivity index (χ1) is 10.5. The fraction of sp³-hybridized carbons (Fsp3) is 0.500. The standard InChI is InChI=1S/C14H17NO7/c15-5-9(7-2-1-3-8(17)4-7)21-14-13(20)12(19)11(18)10(6-16)22-14/h1-4,9-14,16-20H,6H2. The predicted octanol–water partition coefficient (Wildman–Crippen LogP) is -1.23. The Morgan fingerprint density at radius 2 is 1.95 bits per heavy atom. The summed E-state index contributed by atoms with van der Waals surface area (Å²) in [7, 11) is 0. The molecular formula is C14H17NO7. The van der Waals surface area contributed by atoms with Gasteiger partial charge in [0.2, 0.25) is 0 Å². The third-order valence-corrected chi connectivity index (χ3v) is 3.41. The van der Waals surface area contributed by atoms with Gasteiger partial charge < -0.3 is 35.0 Å². The third kappa shape index (κ3) is 3.36. The molecule has 0 saturated carbocycles. The van der Waals surface area contributed by atoms with Gasteiger partial charge in [0.25, 0.3) is 0 Å². The number of hydrogen-bond acceptors (Lipinski definition) is 8. The average molecular weight is 311 g/mol. The van der Waals surface area contributed by atoms with Crippen LogP contribution in [0.5, 0.6) is 5.75 Å². The minimum atomic E-state index is -1.59. The number of hydrogen-bond donors (Lipinski definition) is 5. The van der Waals surface area contributed by atoms with Crippen molar-refractivity contribution >= 4 is 0 Å². The second-order valence-corrected chi connectivity index (χ2v) is 4.94. The van der Waals surface area contributed by atoms with Gasteiger partial charge in [-0.25, -0.2) is 0 Å². The summed E-state index contributed by atoms with van der Waals surface area (Å²) in [4.78, 5) is 0. The van der Waals surface area contributed by atoms with Crippen LogP contribution in [0.25, 0.3) is 0 Å². The van der Waals surface area contributed by atoms with Crippen molar-refractivity contribution in [3.8, 4) is 11.8 Å². The summed E-state index contributed by atoms with van der Waals surface area (Å²) < 4.78 is 10.5. The van der Waals surface area contributed by atoms with Crippen LogP contribution in [-0.4, -0.2) is 62.8 Å². The van der Waals surface area contributed by atoms with Gasteiger partial charge in [-0.3, -0.25) is 0 Å². The summed E-state index contributed by atoms with van der Waals surface area (Å²) in [6.45, 7) is -0.589. The quantitative estimate of drug-likeness (QED) is 0.465. The Hall–Kier alpha value is -1.73. The lowest BCUT2D eigenvalue weighted by molar-refractivity contribution is -0.307. The van der Waals surface area contributed by atoms with Crippen molar-refractivity contribution in [2.24, 2.45) is 0 Å². The molecule has 0 radical (unpaired) electrons. The van der Waals surface area contributed by atoms with E-state index in [1.54, 1.807) is 0 Å². The SMILES string of the molecule is N#CC(OC1OC(CO)C(O)C(O)C1O)c1cccc(O)c1. The van der Waals surface area contributed by atoms with Gasteiger partial charge in [0.05, 0.1) is 12.7 Å². The maximum absolute atomic E-state index is 9.87. The van der Waals surface area contributed by atoms with Crippen LogP contribution in [0.4, 0.5) is 0 Å². The molecule has 1 heterocycles. The van der Waals surface area contributed by atoms with Crippen molar-refractivity contribution in [1.82, 2.24) is 0 Å². The zero-order valence-electron chi connectivity index (χ0n) is 11.5. The molecule has 6 unspecified atom stereocenters. The molecule has 0 bridgehead atoms. The van der Waals surface area contributed by atoms with E-state index in [1.165, 1.54) is 24.3 Å². The fourth-order valence-corrected chi connectivity index (χ4v) is 2.19. The molecule has 8 heteroatoms. The Kier molecular flexibility index (Phi) is 5.31. The molecule has 1 saturated heterocycles. The smallest absolute Gasteiger partial charge is 0.188 e. The van der Waals surface area contributed by atoms with Gasteiger partial charge in [0, 0.05) is 0 Å². The number of benzene rings is 1. The van der Waals surface area contributed by atoms with Crippen molar-refractivity contribution in [2.45, 2.75) is 36.8 Å². The highest BCUT2D eigenvalue weighted by Gasteiger charge is 2.45. The number of aliphatic hydroxyl groups excluding tert-OH is 4. The molecule has 0 spiro atoms. The molecule has 1 aliphatic heterocycles. The van der Waals surface area contributed by atoms with E-state index in [-0.39, 0.29) is 5.75 Å². The fourth-order valence-electron chi connectivity index (χ4n) is 2.19. The van der Waals surface area contributed by atoms with E-state index in [1.807, 2.05) is 6.07 Å². The van der Waals surface area contributed by atoms with Crippen molar-refractivity contribution in [2.75, 3.05) is 6.61 Å². The highest BCUT2D eigenvalue weighted by molar-refractivity contribution is 5.31. The van der Waals surface area contributed by atoms with Gasteiger partial charge in [-0.2, -0.15) is 5.26 Å². The van der Waals surface area contributed by atoms with E-state index in [0.717, 1.165) is 0 Å². The molecule has 2 rings (SSSR count). The Labute approximate surface area is 126 Å². The first-order valence-electron chi connectivity index (χ1n) is 6.62. The second-order valence-electron chi connectivity index (χ2n) is 4.94. The van der Waals surface area contributed by atoms with Crippen molar-refractivity contribution in [1.29, 1.82) is 5.26 Å². The van der Waals surface area contributed by atoms with Crippen molar-refractivity contribution in [3.05, 3.63) is 29.8 Å². The molecule has 6 atom stereocenters. The van der Waals surface area contributed by atoms with Crippen molar-refractivity contribution in [3.63, 3.8) is 0 Å². The maximum Gasteiger partial charge on any atom is 0.188 e. The van der Waals surface area contributed by atoms with Gasteiger partial charge in [0.15, 0.2) is 12.4 Å². The molecule has 0 amide bonds. The molecule has 1 aromatic carbocycles. The normalized spacial score (nSPS) is 33.1. The lowest BCUT2D eigenvalue weighted by atomic mass is 9.99. The minimum absolute atomic E-state index is 0.0600. The van der Waals surface area contributed by atoms with Crippen LogP contribution >= 0.6 is 0 Å². The van der Waals surface area contributed by atoms with Gasteiger partial charge >= 0.3 is 0 Å². The van der Waals surface area contributed by atoms with Crippen LogP contribution in [0.15, 0.2) is 24.3 Å². The third-order valence-electron chi connectivity index (χ3n) is 3.41. The number of nitrogens with zero attached hydrogens (tertiary/aromatic N) is 1. The number of nitriles is 1. The Morgan fingerprint density at radius 1 is 1.23 bits per heavy atom. The summed E-state index contributed by atoms with van der Waals surface area (Å²) in [5.74, 6) is -0.0600. The number of phenolic OH excluding ortho intramolecular Hbond substituents is 1. The summed E-state index contributed by atoms with van der Waals surface area (Å²) >= 11 is 0. The predicted molar refractivity (Wildman–Crippen MR) is 71.3 cm³/mol. The Bertz CT molecular complexity index is 544. The lowest BCUT2D eigenvalue weighted by Crippen LogP contribution is -2.59. The molecule has 120 valence electrons. The van der Waals surface area contributed by atoms with Gasteiger partial charge in [-0.15, -0.1) is 0 Å². The molecule has 1 fully saturated rings. The maximum atomic E-state index is 9.87.